The van der Waals surface area contributed by atoms with Gasteiger partial charge in [-0.1, -0.05) is 30.3 Å². The minimum absolute atomic E-state index is 0.0946. The van der Waals surface area contributed by atoms with Crippen molar-refractivity contribution in [1.82, 2.24) is 9.47 Å². The summed E-state index contributed by atoms with van der Waals surface area (Å²) < 4.78 is 2.21. The van der Waals surface area contributed by atoms with E-state index >= 15 is 0 Å². The van der Waals surface area contributed by atoms with Crippen LogP contribution in [-0.4, -0.2) is 15.5 Å². The highest BCUT2D eigenvalue weighted by Crippen LogP contribution is 2.38. The summed E-state index contributed by atoms with van der Waals surface area (Å²) in [5, 5.41) is 5.22. The van der Waals surface area contributed by atoms with Crippen LogP contribution in [0.1, 0.15) is 33.3 Å². The number of nitrogens with zero attached hydrogens (tertiary/aromatic N) is 2. The van der Waals surface area contributed by atoms with Gasteiger partial charge in [0.1, 0.15) is 6.04 Å². The first kappa shape index (κ1) is 18.7. The average molecular weight is 414 g/mol. The molecular formula is C25H23N3OS. The van der Waals surface area contributed by atoms with Gasteiger partial charge in [-0.2, -0.15) is 0 Å². The Bertz CT molecular complexity index is 1190. The molecule has 4 aromatic rings. The van der Waals surface area contributed by atoms with Gasteiger partial charge in [-0.05, 0) is 72.3 Å². The van der Waals surface area contributed by atoms with Gasteiger partial charge in [0.15, 0.2) is 0 Å². The number of aromatic nitrogens is 1. The lowest BCUT2D eigenvalue weighted by Crippen LogP contribution is -2.37. The van der Waals surface area contributed by atoms with E-state index in [0.717, 1.165) is 38.6 Å². The van der Waals surface area contributed by atoms with E-state index in [0.29, 0.717) is 6.54 Å². The summed E-state index contributed by atoms with van der Waals surface area (Å²) in [5.74, 6) is 0. The van der Waals surface area contributed by atoms with Gasteiger partial charge in [0.25, 0.3) is 0 Å². The molecule has 3 heterocycles. The maximum atomic E-state index is 13.6. The van der Waals surface area contributed by atoms with E-state index in [-0.39, 0.29) is 12.1 Å². The zero-order valence-corrected chi connectivity index (χ0v) is 17.8. The maximum Gasteiger partial charge on any atom is 0.323 e. The van der Waals surface area contributed by atoms with Crippen LogP contribution in [0.3, 0.4) is 0 Å². The van der Waals surface area contributed by atoms with E-state index in [1.54, 1.807) is 11.3 Å². The molecule has 0 radical (unpaired) electrons. The van der Waals surface area contributed by atoms with Crippen LogP contribution >= 0.6 is 11.3 Å². The molecule has 1 aliphatic rings. The maximum absolute atomic E-state index is 13.6. The number of rotatable bonds is 2. The second-order valence-electron chi connectivity index (χ2n) is 7.78. The van der Waals surface area contributed by atoms with Crippen molar-refractivity contribution in [2.75, 3.05) is 5.32 Å². The molecule has 0 unspecified atom stereocenters. The van der Waals surface area contributed by atoms with E-state index in [1.165, 1.54) is 0 Å². The van der Waals surface area contributed by atoms with E-state index in [2.05, 4.69) is 57.9 Å². The van der Waals surface area contributed by atoms with Crippen LogP contribution < -0.4 is 5.32 Å². The van der Waals surface area contributed by atoms with Gasteiger partial charge in [-0.25, -0.2) is 4.79 Å². The second-order valence-corrected chi connectivity index (χ2v) is 8.76. The van der Waals surface area contributed by atoms with Crippen molar-refractivity contribution < 1.29 is 4.79 Å². The summed E-state index contributed by atoms with van der Waals surface area (Å²) in [7, 11) is 0. The number of thiophene rings is 1. The van der Waals surface area contributed by atoms with Crippen LogP contribution in [0.5, 0.6) is 0 Å². The van der Waals surface area contributed by atoms with Crippen LogP contribution in [0.25, 0.3) is 5.69 Å². The van der Waals surface area contributed by atoms with Gasteiger partial charge >= 0.3 is 6.03 Å². The third kappa shape index (κ3) is 3.31. The minimum Gasteiger partial charge on any atom is -0.318 e. The Morgan fingerprint density at radius 2 is 1.80 bits per heavy atom. The zero-order chi connectivity index (χ0) is 20.7. The Hall–Kier alpha value is -3.31. The number of nitrogens with one attached hydrogen (secondary N) is 1. The molecule has 5 heteroatoms. The number of benzene rings is 2. The molecule has 2 aromatic carbocycles. The van der Waals surface area contributed by atoms with Crippen molar-refractivity contribution in [3.8, 4) is 5.69 Å². The van der Waals surface area contributed by atoms with Crippen LogP contribution in [0, 0.1) is 13.8 Å². The molecular weight excluding hydrogens is 390 g/mol. The molecule has 2 amide bonds. The van der Waals surface area contributed by atoms with Crippen LogP contribution in [0.2, 0.25) is 0 Å². The van der Waals surface area contributed by atoms with Crippen molar-refractivity contribution in [1.29, 1.82) is 0 Å². The molecule has 0 saturated heterocycles. The number of aryl methyl sites for hydroxylation is 2. The van der Waals surface area contributed by atoms with Gasteiger partial charge in [-0.3, -0.25) is 0 Å². The molecule has 2 aromatic heterocycles. The number of fused-ring (bicyclic) bond motifs is 3. The number of amides is 2. The van der Waals surface area contributed by atoms with E-state index < -0.39 is 0 Å². The van der Waals surface area contributed by atoms with E-state index in [4.69, 9.17) is 0 Å². The molecule has 150 valence electrons. The number of urea groups is 1. The van der Waals surface area contributed by atoms with Crippen LogP contribution in [-0.2, 0) is 6.54 Å². The number of anilines is 1. The van der Waals surface area contributed by atoms with Gasteiger partial charge in [-0.15, -0.1) is 11.3 Å². The standard InChI is InChI=1S/C25H23N3OS/c1-17-13-18(2)15-20(14-17)26-25(29)28-16-19-7-3-4-8-21(19)27-11-5-9-22(27)24(28)23-10-6-12-30-23/h3-15,24H,16H2,1-2H3,(H,26,29)/t24-/m0/s1. The van der Waals surface area contributed by atoms with Crippen molar-refractivity contribution in [3.05, 3.63) is 106 Å². The fraction of sp³-hybridized carbons (Fsp3) is 0.160. The molecule has 1 aliphatic heterocycles. The summed E-state index contributed by atoms with van der Waals surface area (Å²) in [6.07, 6.45) is 2.08. The lowest BCUT2D eigenvalue weighted by molar-refractivity contribution is 0.195. The van der Waals surface area contributed by atoms with Gasteiger partial charge in [0, 0.05) is 16.8 Å². The van der Waals surface area contributed by atoms with E-state index in [9.17, 15) is 4.79 Å². The molecule has 0 aliphatic carbocycles. The first-order valence-electron chi connectivity index (χ1n) is 10.0. The normalized spacial score (nSPS) is 15.3. The first-order valence-corrected chi connectivity index (χ1v) is 10.9. The summed E-state index contributed by atoms with van der Waals surface area (Å²) in [5.41, 5.74) is 6.45. The summed E-state index contributed by atoms with van der Waals surface area (Å²) in [6, 6.07) is 22.5. The largest absolute Gasteiger partial charge is 0.323 e. The fourth-order valence-corrected chi connectivity index (χ4v) is 5.18. The lowest BCUT2D eigenvalue weighted by atomic mass is 10.1. The minimum atomic E-state index is -0.154. The van der Waals surface area contributed by atoms with Gasteiger partial charge in [0.05, 0.1) is 17.9 Å². The fourth-order valence-electron chi connectivity index (χ4n) is 4.33. The second kappa shape index (κ2) is 7.50. The molecule has 0 saturated carbocycles. The highest BCUT2D eigenvalue weighted by molar-refractivity contribution is 7.10. The third-order valence-electron chi connectivity index (χ3n) is 5.51. The predicted octanol–water partition coefficient (Wildman–Crippen LogP) is 6.29. The molecule has 1 atom stereocenters. The third-order valence-corrected chi connectivity index (χ3v) is 6.44. The monoisotopic (exact) mass is 413 g/mol. The Kier molecular flexibility index (Phi) is 4.68. The van der Waals surface area contributed by atoms with Crippen molar-refractivity contribution >= 4 is 23.1 Å². The van der Waals surface area contributed by atoms with Crippen LogP contribution in [0.15, 0.2) is 78.3 Å². The number of carbonyl (C=O) groups excluding carboxylic acids is 1. The van der Waals surface area contributed by atoms with Crippen molar-refractivity contribution in [2.24, 2.45) is 0 Å². The van der Waals surface area contributed by atoms with Crippen molar-refractivity contribution in [3.63, 3.8) is 0 Å². The highest BCUT2D eigenvalue weighted by Gasteiger charge is 2.33. The number of hydrogen-bond acceptors (Lipinski definition) is 2. The Morgan fingerprint density at radius 3 is 2.57 bits per heavy atom. The van der Waals surface area contributed by atoms with Gasteiger partial charge in [0.2, 0.25) is 0 Å². The predicted molar refractivity (Wildman–Crippen MR) is 122 cm³/mol. The molecule has 0 spiro atoms. The summed E-state index contributed by atoms with van der Waals surface area (Å²) in [6.45, 7) is 4.63. The topological polar surface area (TPSA) is 37.3 Å². The lowest BCUT2D eigenvalue weighted by Gasteiger charge is -2.30. The van der Waals surface area contributed by atoms with Gasteiger partial charge < -0.3 is 14.8 Å². The molecule has 4 nitrogen and oxygen atoms in total. The number of para-hydroxylation sites is 1. The van der Waals surface area contributed by atoms with Crippen molar-refractivity contribution in [2.45, 2.75) is 26.4 Å². The molecule has 30 heavy (non-hydrogen) atoms. The molecule has 5 rings (SSSR count). The number of hydrogen-bond donors (Lipinski definition) is 1. The zero-order valence-electron chi connectivity index (χ0n) is 17.0. The average Bonchev–Trinajstić information content (AvgIpc) is 3.38. The highest BCUT2D eigenvalue weighted by atomic mass is 32.1. The first-order chi connectivity index (χ1) is 14.6. The molecule has 1 N–H and O–H groups in total. The van der Waals surface area contributed by atoms with Crippen LogP contribution in [0.4, 0.5) is 10.5 Å². The Morgan fingerprint density at radius 1 is 1.00 bits per heavy atom. The number of carbonyl (C=O) groups is 1. The smallest absolute Gasteiger partial charge is 0.318 e. The Balaban J connectivity index is 1.61. The summed E-state index contributed by atoms with van der Waals surface area (Å²) in [4.78, 5) is 16.7. The summed E-state index contributed by atoms with van der Waals surface area (Å²) >= 11 is 1.68. The molecule has 0 bridgehead atoms. The molecule has 0 fully saturated rings. The Labute approximate surface area is 180 Å². The SMILES string of the molecule is Cc1cc(C)cc(NC(=O)N2Cc3ccccc3-n3cccc3[C@H]2c2cccs2)c1. The van der Waals surface area contributed by atoms with E-state index in [1.807, 2.05) is 49.1 Å². The quantitative estimate of drug-likeness (QED) is 0.412.